The second-order valence-corrected chi connectivity index (χ2v) is 5.37. The molecule has 2 aromatic carbocycles. The van der Waals surface area contributed by atoms with Crippen LogP contribution in [0.2, 0.25) is 0 Å². The first-order valence-corrected chi connectivity index (χ1v) is 7.16. The Morgan fingerprint density at radius 1 is 1.22 bits per heavy atom. The zero-order chi connectivity index (χ0) is 16.4. The van der Waals surface area contributed by atoms with Gasteiger partial charge in [-0.05, 0) is 36.8 Å². The number of nitrogens with zero attached hydrogens (tertiary/aromatic N) is 1. The number of hydrogen-bond acceptors (Lipinski definition) is 3. The highest BCUT2D eigenvalue weighted by Gasteiger charge is 2.14. The second-order valence-electron chi connectivity index (χ2n) is 5.37. The van der Waals surface area contributed by atoms with E-state index in [9.17, 15) is 9.59 Å². The van der Waals surface area contributed by atoms with Crippen LogP contribution in [0, 0.1) is 6.92 Å². The van der Waals surface area contributed by atoms with E-state index >= 15 is 0 Å². The molecule has 0 aliphatic rings. The van der Waals surface area contributed by atoms with E-state index in [1.807, 2.05) is 31.2 Å². The molecule has 1 aromatic heterocycles. The molecule has 0 spiro atoms. The minimum atomic E-state index is -0.494. The van der Waals surface area contributed by atoms with Gasteiger partial charge in [-0.15, -0.1) is 0 Å². The highest BCUT2D eigenvalue weighted by molar-refractivity contribution is 6.04. The first-order chi connectivity index (χ1) is 11.0. The Balaban J connectivity index is 1.77. The van der Waals surface area contributed by atoms with E-state index in [0.29, 0.717) is 17.8 Å². The van der Waals surface area contributed by atoms with Crippen molar-refractivity contribution in [3.05, 3.63) is 64.8 Å². The van der Waals surface area contributed by atoms with Crippen LogP contribution in [0.25, 0.3) is 10.9 Å². The molecule has 0 aliphatic carbocycles. The molecule has 3 rings (SSSR count). The summed E-state index contributed by atoms with van der Waals surface area (Å²) in [7, 11) is 0. The maximum absolute atomic E-state index is 12.3. The summed E-state index contributed by atoms with van der Waals surface area (Å²) in [6.45, 7) is 2.25. The Morgan fingerprint density at radius 2 is 2.04 bits per heavy atom. The minimum absolute atomic E-state index is 0.272. The number of aryl methyl sites for hydroxylation is 1. The van der Waals surface area contributed by atoms with Crippen LogP contribution in [0.1, 0.15) is 32.0 Å². The molecule has 6 heteroatoms. The number of aromatic amines is 1. The van der Waals surface area contributed by atoms with Crippen LogP contribution in [0.5, 0.6) is 0 Å². The number of nitrogens with one attached hydrogen (secondary N) is 2. The van der Waals surface area contributed by atoms with Gasteiger partial charge in [-0.3, -0.25) is 14.7 Å². The summed E-state index contributed by atoms with van der Waals surface area (Å²) in [6, 6.07) is 12.6. The van der Waals surface area contributed by atoms with Crippen LogP contribution >= 0.6 is 0 Å². The van der Waals surface area contributed by atoms with Gasteiger partial charge in [0.15, 0.2) is 5.69 Å². The lowest BCUT2D eigenvalue weighted by Crippen LogP contribution is -2.23. The Kier molecular flexibility index (Phi) is 3.80. The van der Waals surface area contributed by atoms with Crippen molar-refractivity contribution in [2.24, 2.45) is 5.73 Å². The molecule has 0 saturated carbocycles. The van der Waals surface area contributed by atoms with Crippen LogP contribution in [-0.2, 0) is 6.54 Å². The largest absolute Gasteiger partial charge is 0.366 e. The van der Waals surface area contributed by atoms with Crippen LogP contribution in [0.4, 0.5) is 0 Å². The number of carbonyl (C=O) groups excluding carboxylic acids is 2. The van der Waals surface area contributed by atoms with Crippen molar-refractivity contribution < 1.29 is 9.59 Å². The zero-order valence-electron chi connectivity index (χ0n) is 12.6. The maximum Gasteiger partial charge on any atom is 0.272 e. The Bertz CT molecular complexity index is 898. The molecule has 1 heterocycles. The minimum Gasteiger partial charge on any atom is -0.366 e. The van der Waals surface area contributed by atoms with Gasteiger partial charge in [0.1, 0.15) is 0 Å². The Morgan fingerprint density at radius 3 is 2.83 bits per heavy atom. The number of H-pyrrole nitrogens is 1. The van der Waals surface area contributed by atoms with Crippen LogP contribution in [0.3, 0.4) is 0 Å². The fourth-order valence-electron chi connectivity index (χ4n) is 2.40. The summed E-state index contributed by atoms with van der Waals surface area (Å²) in [6.07, 6.45) is 0. The lowest BCUT2D eigenvalue weighted by atomic mass is 10.1. The van der Waals surface area contributed by atoms with Crippen LogP contribution < -0.4 is 11.1 Å². The molecular weight excluding hydrogens is 292 g/mol. The number of hydrogen-bond donors (Lipinski definition) is 3. The molecule has 0 atom stereocenters. The van der Waals surface area contributed by atoms with Crippen molar-refractivity contribution in [3.63, 3.8) is 0 Å². The SMILES string of the molecule is Cc1ccc2[nH]nc(C(=O)NCc3cccc(C(N)=O)c3)c2c1. The number of primary amides is 1. The molecule has 0 saturated heterocycles. The van der Waals surface area contributed by atoms with Crippen molar-refractivity contribution >= 4 is 22.7 Å². The van der Waals surface area contributed by atoms with Gasteiger partial charge in [-0.1, -0.05) is 23.8 Å². The van der Waals surface area contributed by atoms with E-state index in [0.717, 1.165) is 22.0 Å². The Labute approximate surface area is 132 Å². The van der Waals surface area contributed by atoms with Gasteiger partial charge in [0.2, 0.25) is 5.91 Å². The predicted molar refractivity (Wildman–Crippen MR) is 87.0 cm³/mol. The molecule has 116 valence electrons. The molecule has 6 nitrogen and oxygen atoms in total. The van der Waals surface area contributed by atoms with Gasteiger partial charge in [-0.2, -0.15) is 5.10 Å². The topological polar surface area (TPSA) is 101 Å². The summed E-state index contributed by atoms with van der Waals surface area (Å²) >= 11 is 0. The molecule has 0 radical (unpaired) electrons. The first-order valence-electron chi connectivity index (χ1n) is 7.16. The van der Waals surface area contributed by atoms with Gasteiger partial charge < -0.3 is 11.1 Å². The third-order valence-electron chi connectivity index (χ3n) is 3.60. The zero-order valence-corrected chi connectivity index (χ0v) is 12.6. The van der Waals surface area contributed by atoms with E-state index in [1.165, 1.54) is 0 Å². The molecule has 2 amide bonds. The van der Waals surface area contributed by atoms with Crippen molar-refractivity contribution in [1.82, 2.24) is 15.5 Å². The number of amides is 2. The van der Waals surface area contributed by atoms with Gasteiger partial charge >= 0.3 is 0 Å². The maximum atomic E-state index is 12.3. The smallest absolute Gasteiger partial charge is 0.272 e. The van der Waals surface area contributed by atoms with Gasteiger partial charge in [0, 0.05) is 17.5 Å². The third-order valence-corrected chi connectivity index (χ3v) is 3.60. The fourth-order valence-corrected chi connectivity index (χ4v) is 2.40. The van der Waals surface area contributed by atoms with Gasteiger partial charge in [0.25, 0.3) is 5.91 Å². The number of rotatable bonds is 4. The summed E-state index contributed by atoms with van der Waals surface area (Å²) in [4.78, 5) is 23.5. The lowest BCUT2D eigenvalue weighted by Gasteiger charge is -2.05. The van der Waals surface area contributed by atoms with E-state index in [4.69, 9.17) is 5.73 Å². The molecular formula is C17H16N4O2. The van der Waals surface area contributed by atoms with Crippen LogP contribution in [-0.4, -0.2) is 22.0 Å². The summed E-state index contributed by atoms with van der Waals surface area (Å²) < 4.78 is 0. The number of fused-ring (bicyclic) bond motifs is 1. The Hall–Kier alpha value is -3.15. The summed E-state index contributed by atoms with van der Waals surface area (Å²) in [5.41, 5.74) is 8.69. The van der Waals surface area contributed by atoms with E-state index in [-0.39, 0.29) is 5.91 Å². The predicted octanol–water partition coefficient (Wildman–Crippen LogP) is 1.90. The molecule has 4 N–H and O–H groups in total. The average molecular weight is 308 g/mol. The van der Waals surface area contributed by atoms with Crippen molar-refractivity contribution in [2.45, 2.75) is 13.5 Å². The van der Waals surface area contributed by atoms with Crippen LogP contribution in [0.15, 0.2) is 42.5 Å². The lowest BCUT2D eigenvalue weighted by molar-refractivity contribution is 0.0947. The van der Waals surface area contributed by atoms with Crippen molar-refractivity contribution in [3.8, 4) is 0 Å². The van der Waals surface area contributed by atoms with Crippen molar-refractivity contribution in [2.75, 3.05) is 0 Å². The quantitative estimate of drug-likeness (QED) is 0.686. The van der Waals surface area contributed by atoms with E-state index in [1.54, 1.807) is 18.2 Å². The monoisotopic (exact) mass is 308 g/mol. The van der Waals surface area contributed by atoms with Gasteiger partial charge in [-0.25, -0.2) is 0 Å². The number of benzene rings is 2. The molecule has 0 fully saturated rings. The highest BCUT2D eigenvalue weighted by Crippen LogP contribution is 2.17. The molecule has 0 unspecified atom stereocenters. The van der Waals surface area contributed by atoms with Crippen molar-refractivity contribution in [1.29, 1.82) is 0 Å². The number of nitrogens with two attached hydrogens (primary N) is 1. The summed E-state index contributed by atoms with van der Waals surface area (Å²) in [5.74, 6) is -0.765. The average Bonchev–Trinajstić information content (AvgIpc) is 2.96. The standard InChI is InChI=1S/C17H16N4O2/c1-10-5-6-14-13(7-10)15(21-20-14)17(23)19-9-11-3-2-4-12(8-11)16(18)22/h2-8H,9H2,1H3,(H2,18,22)(H,19,23)(H,20,21). The first kappa shape index (κ1) is 14.8. The third kappa shape index (κ3) is 3.06. The molecule has 0 aliphatic heterocycles. The number of carbonyl (C=O) groups is 2. The van der Waals surface area contributed by atoms with E-state index < -0.39 is 5.91 Å². The molecule has 0 bridgehead atoms. The molecule has 23 heavy (non-hydrogen) atoms. The van der Waals surface area contributed by atoms with Gasteiger partial charge in [0.05, 0.1) is 5.52 Å². The number of aromatic nitrogens is 2. The van der Waals surface area contributed by atoms with E-state index in [2.05, 4.69) is 15.5 Å². The highest BCUT2D eigenvalue weighted by atomic mass is 16.2. The normalized spacial score (nSPS) is 10.7. The fraction of sp³-hybridized carbons (Fsp3) is 0.118. The molecule has 3 aromatic rings. The second kappa shape index (κ2) is 5.92. The summed E-state index contributed by atoms with van der Waals surface area (Å²) in [5, 5.41) is 10.5.